The van der Waals surface area contributed by atoms with Crippen molar-refractivity contribution in [2.75, 3.05) is 26.2 Å². The van der Waals surface area contributed by atoms with Gasteiger partial charge in [0.25, 0.3) is 0 Å². The minimum absolute atomic E-state index is 0.725. The van der Waals surface area contributed by atoms with Gasteiger partial charge in [0, 0.05) is 18.5 Å². The number of thiazole rings is 1. The number of aryl methyl sites for hydroxylation is 1. The van der Waals surface area contributed by atoms with E-state index < -0.39 is 0 Å². The van der Waals surface area contributed by atoms with Crippen molar-refractivity contribution in [3.05, 3.63) is 16.1 Å². The van der Waals surface area contributed by atoms with Gasteiger partial charge in [-0.25, -0.2) is 4.98 Å². The Labute approximate surface area is 115 Å². The van der Waals surface area contributed by atoms with Gasteiger partial charge in [-0.2, -0.15) is 0 Å². The quantitative estimate of drug-likeness (QED) is 0.859. The summed E-state index contributed by atoms with van der Waals surface area (Å²) in [5.41, 5.74) is 1.18. The van der Waals surface area contributed by atoms with Crippen LogP contribution in [0.25, 0.3) is 0 Å². The van der Waals surface area contributed by atoms with Crippen molar-refractivity contribution in [1.82, 2.24) is 15.2 Å². The fourth-order valence-electron chi connectivity index (χ4n) is 2.58. The first kappa shape index (κ1) is 14.0. The Balaban J connectivity index is 1.60. The first-order valence-corrected chi connectivity index (χ1v) is 7.96. The van der Waals surface area contributed by atoms with Crippen LogP contribution in [-0.4, -0.2) is 36.1 Å². The molecule has 1 aromatic heterocycles. The van der Waals surface area contributed by atoms with Crippen LogP contribution >= 0.6 is 11.3 Å². The van der Waals surface area contributed by atoms with Gasteiger partial charge in [-0.05, 0) is 45.3 Å². The van der Waals surface area contributed by atoms with Crippen LogP contribution in [0.15, 0.2) is 5.38 Å². The van der Waals surface area contributed by atoms with Gasteiger partial charge in [-0.3, -0.25) is 0 Å². The maximum atomic E-state index is 4.47. The lowest BCUT2D eigenvalue weighted by molar-refractivity contribution is 0.199. The zero-order valence-electron chi connectivity index (χ0n) is 11.6. The number of aromatic nitrogens is 1. The molecule has 0 radical (unpaired) electrons. The van der Waals surface area contributed by atoms with Gasteiger partial charge in [0.15, 0.2) is 0 Å². The fourth-order valence-corrected chi connectivity index (χ4v) is 3.20. The summed E-state index contributed by atoms with van der Waals surface area (Å²) in [6.45, 7) is 10.2. The second-order valence-electron chi connectivity index (χ2n) is 5.46. The SMILES string of the molecule is Cc1nc(CNCC(C)CN2CCCCC2)cs1. The van der Waals surface area contributed by atoms with Crippen molar-refractivity contribution in [1.29, 1.82) is 0 Å². The molecule has 1 N–H and O–H groups in total. The zero-order valence-corrected chi connectivity index (χ0v) is 12.4. The molecule has 0 aliphatic carbocycles. The molecule has 1 fully saturated rings. The molecule has 3 nitrogen and oxygen atoms in total. The molecule has 1 unspecified atom stereocenters. The predicted molar refractivity (Wildman–Crippen MR) is 78.0 cm³/mol. The normalized spacial score (nSPS) is 19.0. The van der Waals surface area contributed by atoms with Gasteiger partial charge in [-0.1, -0.05) is 13.3 Å². The van der Waals surface area contributed by atoms with Crippen LogP contribution < -0.4 is 5.32 Å². The van der Waals surface area contributed by atoms with E-state index in [1.807, 2.05) is 0 Å². The minimum Gasteiger partial charge on any atom is -0.311 e. The van der Waals surface area contributed by atoms with Crippen molar-refractivity contribution < 1.29 is 0 Å². The molecule has 1 atom stereocenters. The van der Waals surface area contributed by atoms with E-state index in [0.29, 0.717) is 0 Å². The van der Waals surface area contributed by atoms with E-state index in [4.69, 9.17) is 0 Å². The molecule has 0 saturated carbocycles. The number of hydrogen-bond donors (Lipinski definition) is 1. The molecule has 1 saturated heterocycles. The van der Waals surface area contributed by atoms with Crippen LogP contribution in [0.3, 0.4) is 0 Å². The van der Waals surface area contributed by atoms with Crippen LogP contribution in [-0.2, 0) is 6.54 Å². The Kier molecular flexibility index (Phi) is 5.60. The van der Waals surface area contributed by atoms with Crippen LogP contribution in [0.1, 0.15) is 36.9 Å². The van der Waals surface area contributed by atoms with Gasteiger partial charge < -0.3 is 10.2 Å². The highest BCUT2D eigenvalue weighted by molar-refractivity contribution is 7.09. The Hall–Kier alpha value is -0.450. The molecule has 0 aromatic carbocycles. The van der Waals surface area contributed by atoms with Gasteiger partial charge in [0.05, 0.1) is 10.7 Å². The van der Waals surface area contributed by atoms with Crippen molar-refractivity contribution in [2.45, 2.75) is 39.7 Å². The Morgan fingerprint density at radius 1 is 1.39 bits per heavy atom. The van der Waals surface area contributed by atoms with E-state index in [0.717, 1.165) is 24.0 Å². The number of rotatable bonds is 6. The van der Waals surface area contributed by atoms with Crippen molar-refractivity contribution in [3.8, 4) is 0 Å². The van der Waals surface area contributed by atoms with Crippen LogP contribution in [0.4, 0.5) is 0 Å². The molecule has 1 aliphatic heterocycles. The van der Waals surface area contributed by atoms with Crippen molar-refractivity contribution in [3.63, 3.8) is 0 Å². The molecule has 0 spiro atoms. The third-order valence-electron chi connectivity index (χ3n) is 3.48. The zero-order chi connectivity index (χ0) is 12.8. The Morgan fingerprint density at radius 2 is 2.17 bits per heavy atom. The second-order valence-corrected chi connectivity index (χ2v) is 6.52. The number of hydrogen-bond acceptors (Lipinski definition) is 4. The highest BCUT2D eigenvalue weighted by Crippen LogP contribution is 2.11. The molecular weight excluding hydrogens is 242 g/mol. The van der Waals surface area contributed by atoms with E-state index in [9.17, 15) is 0 Å². The average molecular weight is 267 g/mol. The molecular formula is C14H25N3S. The summed E-state index contributed by atoms with van der Waals surface area (Å²) in [6.07, 6.45) is 4.20. The van der Waals surface area contributed by atoms with Crippen LogP contribution in [0.2, 0.25) is 0 Å². The molecule has 102 valence electrons. The van der Waals surface area contributed by atoms with Gasteiger partial charge in [0.1, 0.15) is 0 Å². The molecule has 2 rings (SSSR count). The topological polar surface area (TPSA) is 28.2 Å². The predicted octanol–water partition coefficient (Wildman–Crippen LogP) is 2.66. The molecule has 0 bridgehead atoms. The highest BCUT2D eigenvalue weighted by atomic mass is 32.1. The lowest BCUT2D eigenvalue weighted by Crippen LogP contribution is -2.36. The fraction of sp³-hybridized carbons (Fsp3) is 0.786. The first-order valence-electron chi connectivity index (χ1n) is 7.08. The molecule has 2 heterocycles. The van der Waals surface area contributed by atoms with Crippen LogP contribution in [0, 0.1) is 12.8 Å². The maximum Gasteiger partial charge on any atom is 0.0897 e. The summed E-state index contributed by atoms with van der Waals surface area (Å²) in [5.74, 6) is 0.725. The minimum atomic E-state index is 0.725. The van der Waals surface area contributed by atoms with E-state index >= 15 is 0 Å². The highest BCUT2D eigenvalue weighted by Gasteiger charge is 2.13. The van der Waals surface area contributed by atoms with Crippen molar-refractivity contribution in [2.24, 2.45) is 5.92 Å². The summed E-state index contributed by atoms with van der Waals surface area (Å²) < 4.78 is 0. The van der Waals surface area contributed by atoms with Gasteiger partial charge in [0.2, 0.25) is 0 Å². The monoisotopic (exact) mass is 267 g/mol. The smallest absolute Gasteiger partial charge is 0.0897 e. The summed E-state index contributed by atoms with van der Waals surface area (Å²) in [7, 11) is 0. The number of nitrogens with zero attached hydrogens (tertiary/aromatic N) is 2. The molecule has 4 heteroatoms. The first-order chi connectivity index (χ1) is 8.74. The van der Waals surface area contributed by atoms with E-state index in [1.165, 1.54) is 44.6 Å². The van der Waals surface area contributed by atoms with Gasteiger partial charge >= 0.3 is 0 Å². The molecule has 0 amide bonds. The number of nitrogens with one attached hydrogen (secondary N) is 1. The summed E-state index contributed by atoms with van der Waals surface area (Å²) in [4.78, 5) is 7.08. The molecule has 18 heavy (non-hydrogen) atoms. The second kappa shape index (κ2) is 7.22. The summed E-state index contributed by atoms with van der Waals surface area (Å²) in [5, 5.41) is 6.83. The summed E-state index contributed by atoms with van der Waals surface area (Å²) in [6, 6.07) is 0. The van der Waals surface area contributed by atoms with E-state index in [2.05, 4.69) is 34.4 Å². The molecule has 1 aliphatic rings. The van der Waals surface area contributed by atoms with Crippen molar-refractivity contribution >= 4 is 11.3 Å². The lowest BCUT2D eigenvalue weighted by atomic mass is 10.1. The number of likely N-dealkylation sites (tertiary alicyclic amines) is 1. The Bertz CT molecular complexity index is 345. The molecule has 1 aromatic rings. The lowest BCUT2D eigenvalue weighted by Gasteiger charge is -2.29. The van der Waals surface area contributed by atoms with Gasteiger partial charge in [-0.15, -0.1) is 11.3 Å². The number of piperidine rings is 1. The standard InChI is InChI=1S/C14H25N3S/c1-12(10-17-6-4-3-5-7-17)8-15-9-14-11-18-13(2)16-14/h11-12,15H,3-10H2,1-2H3. The van der Waals surface area contributed by atoms with E-state index in [1.54, 1.807) is 11.3 Å². The summed E-state index contributed by atoms with van der Waals surface area (Å²) >= 11 is 1.73. The third kappa shape index (κ3) is 4.67. The van der Waals surface area contributed by atoms with E-state index in [-0.39, 0.29) is 0 Å². The average Bonchev–Trinajstić information content (AvgIpc) is 2.76. The van der Waals surface area contributed by atoms with Crippen LogP contribution in [0.5, 0.6) is 0 Å². The largest absolute Gasteiger partial charge is 0.311 e. The Morgan fingerprint density at radius 3 is 2.83 bits per heavy atom. The third-order valence-corrected chi connectivity index (χ3v) is 4.31. The maximum absolute atomic E-state index is 4.47.